The highest BCUT2D eigenvalue weighted by molar-refractivity contribution is 5.58. The van der Waals surface area contributed by atoms with Crippen molar-refractivity contribution >= 4 is 6.29 Å². The molecule has 0 aromatic heterocycles. The Hall–Kier alpha value is -2.13. The minimum atomic E-state index is -0.354. The van der Waals surface area contributed by atoms with Crippen LogP contribution in [0.15, 0.2) is 48.5 Å². The lowest BCUT2D eigenvalue weighted by Gasteiger charge is -2.33. The highest BCUT2D eigenvalue weighted by atomic mass is 16.5. The average molecular weight is 437 g/mol. The van der Waals surface area contributed by atoms with Gasteiger partial charge in [-0.05, 0) is 59.8 Å². The second-order valence-corrected chi connectivity index (χ2v) is 10.1. The van der Waals surface area contributed by atoms with Crippen molar-refractivity contribution in [2.75, 3.05) is 0 Å². The van der Waals surface area contributed by atoms with E-state index in [0.717, 1.165) is 36.0 Å². The van der Waals surface area contributed by atoms with Gasteiger partial charge in [-0.25, -0.2) is 0 Å². The van der Waals surface area contributed by atoms with E-state index in [0.29, 0.717) is 19.4 Å². The van der Waals surface area contributed by atoms with E-state index in [1.165, 1.54) is 31.2 Å². The molecule has 0 amide bonds. The van der Waals surface area contributed by atoms with Gasteiger partial charge in [0.05, 0.1) is 6.10 Å². The first-order chi connectivity index (χ1) is 15.4. The van der Waals surface area contributed by atoms with Gasteiger partial charge < -0.3 is 14.6 Å². The molecule has 1 fully saturated rings. The van der Waals surface area contributed by atoms with Gasteiger partial charge in [0.2, 0.25) is 0 Å². The largest absolute Gasteiger partial charge is 0.489 e. The molecule has 0 saturated heterocycles. The summed E-state index contributed by atoms with van der Waals surface area (Å²) in [6.07, 6.45) is 8.95. The second-order valence-electron chi connectivity index (χ2n) is 10.1. The van der Waals surface area contributed by atoms with E-state index >= 15 is 0 Å². The van der Waals surface area contributed by atoms with Crippen molar-refractivity contribution in [1.82, 2.24) is 0 Å². The number of hydrogen-bond donors (Lipinski definition) is 1. The Balaban J connectivity index is 1.88. The summed E-state index contributed by atoms with van der Waals surface area (Å²) >= 11 is 0. The number of rotatable bonds is 11. The fourth-order valence-corrected chi connectivity index (χ4v) is 4.95. The first-order valence-corrected chi connectivity index (χ1v) is 12.4. The predicted octanol–water partition coefficient (Wildman–Crippen LogP) is 6.96. The van der Waals surface area contributed by atoms with Gasteiger partial charge in [-0.1, -0.05) is 88.9 Å². The first kappa shape index (κ1) is 24.5. The Bertz CT molecular complexity index is 843. The third-order valence-electron chi connectivity index (χ3n) is 7.14. The molecule has 3 rings (SSSR count). The molecule has 0 spiro atoms. The average Bonchev–Trinajstić information content (AvgIpc) is 2.81. The number of aldehydes is 1. The van der Waals surface area contributed by atoms with Crippen molar-refractivity contribution in [3.05, 3.63) is 65.2 Å². The van der Waals surface area contributed by atoms with Gasteiger partial charge >= 0.3 is 0 Å². The van der Waals surface area contributed by atoms with Crippen LogP contribution in [0.25, 0.3) is 0 Å². The molecule has 174 valence electrons. The second kappa shape index (κ2) is 11.7. The number of hydrogen-bond acceptors (Lipinski definition) is 3. The summed E-state index contributed by atoms with van der Waals surface area (Å²) in [4.78, 5) is 11.8. The summed E-state index contributed by atoms with van der Waals surface area (Å²) < 4.78 is 6.39. The monoisotopic (exact) mass is 436 g/mol. The molecule has 1 aliphatic rings. The van der Waals surface area contributed by atoms with Crippen LogP contribution in [0.2, 0.25) is 0 Å². The van der Waals surface area contributed by atoms with Gasteiger partial charge in [-0.2, -0.15) is 0 Å². The normalized spacial score (nSPS) is 21.3. The van der Waals surface area contributed by atoms with Gasteiger partial charge in [-0.3, -0.25) is 0 Å². The van der Waals surface area contributed by atoms with E-state index in [1.807, 2.05) is 18.2 Å². The van der Waals surface area contributed by atoms with E-state index in [9.17, 15) is 9.90 Å². The standard InChI is InChI=1S/C29H40O3/c1-4-5-6-10-17-29(2,3)24-14-16-26(27-19-25(31)15-13-23(27)20-30)28(18-24)32-21-22-11-8-7-9-12-22/h7-9,11-12,14,16,18,20,23,25,27,31H,4-6,10,13,15,17,19,21H2,1-3H3/t23-,25-,27+/m1/s1. The van der Waals surface area contributed by atoms with E-state index in [-0.39, 0.29) is 23.4 Å². The molecule has 3 heteroatoms. The van der Waals surface area contributed by atoms with Crippen molar-refractivity contribution in [2.45, 2.75) is 96.2 Å². The van der Waals surface area contributed by atoms with Crippen LogP contribution in [0.5, 0.6) is 5.75 Å². The van der Waals surface area contributed by atoms with Crippen LogP contribution in [-0.2, 0) is 16.8 Å². The molecule has 32 heavy (non-hydrogen) atoms. The van der Waals surface area contributed by atoms with E-state index in [2.05, 4.69) is 51.1 Å². The number of ether oxygens (including phenoxy) is 1. The van der Waals surface area contributed by atoms with Gasteiger partial charge in [0.25, 0.3) is 0 Å². The third kappa shape index (κ3) is 6.45. The van der Waals surface area contributed by atoms with Crippen molar-refractivity contribution < 1.29 is 14.6 Å². The van der Waals surface area contributed by atoms with Crippen molar-refractivity contribution in [3.63, 3.8) is 0 Å². The summed E-state index contributed by atoms with van der Waals surface area (Å²) in [7, 11) is 0. The molecule has 1 saturated carbocycles. The molecule has 3 nitrogen and oxygen atoms in total. The summed E-state index contributed by atoms with van der Waals surface area (Å²) in [5.74, 6) is 0.799. The number of carbonyl (C=O) groups excluding carboxylic acids is 1. The summed E-state index contributed by atoms with van der Waals surface area (Å²) in [6.45, 7) is 7.37. The van der Waals surface area contributed by atoms with Crippen LogP contribution in [0.1, 0.15) is 94.7 Å². The van der Waals surface area contributed by atoms with Crippen LogP contribution < -0.4 is 4.74 Å². The highest BCUT2D eigenvalue weighted by Crippen LogP contribution is 2.43. The zero-order valence-corrected chi connectivity index (χ0v) is 20.1. The number of carbonyl (C=O) groups is 1. The van der Waals surface area contributed by atoms with Crippen LogP contribution >= 0.6 is 0 Å². The van der Waals surface area contributed by atoms with Crippen molar-refractivity contribution in [1.29, 1.82) is 0 Å². The third-order valence-corrected chi connectivity index (χ3v) is 7.14. The molecule has 1 aliphatic carbocycles. The lowest BCUT2D eigenvalue weighted by atomic mass is 9.73. The SMILES string of the molecule is CCCCCCC(C)(C)c1ccc([C@H]2C[C@H](O)CC[C@@H]2C=O)c(OCc2ccccc2)c1. The van der Waals surface area contributed by atoms with Gasteiger partial charge in [-0.15, -0.1) is 0 Å². The van der Waals surface area contributed by atoms with Crippen molar-refractivity contribution in [3.8, 4) is 5.75 Å². The number of aliphatic hydroxyl groups is 1. The maximum Gasteiger partial charge on any atom is 0.123 e. The maximum absolute atomic E-state index is 11.8. The molecule has 1 N–H and O–H groups in total. The van der Waals surface area contributed by atoms with Crippen LogP contribution in [0.3, 0.4) is 0 Å². The zero-order valence-electron chi connectivity index (χ0n) is 20.1. The van der Waals surface area contributed by atoms with Crippen LogP contribution in [0, 0.1) is 5.92 Å². The minimum absolute atomic E-state index is 0.00346. The predicted molar refractivity (Wildman–Crippen MR) is 131 cm³/mol. The van der Waals surface area contributed by atoms with Gasteiger partial charge in [0.1, 0.15) is 18.6 Å². The maximum atomic E-state index is 11.8. The summed E-state index contributed by atoms with van der Waals surface area (Å²) in [5.41, 5.74) is 3.52. The van der Waals surface area contributed by atoms with E-state index in [4.69, 9.17) is 4.74 Å². The van der Waals surface area contributed by atoms with E-state index < -0.39 is 0 Å². The molecule has 0 bridgehead atoms. The topological polar surface area (TPSA) is 46.5 Å². The Morgan fingerprint density at radius 1 is 1.06 bits per heavy atom. The molecular weight excluding hydrogens is 396 g/mol. The van der Waals surface area contributed by atoms with Gasteiger partial charge in [0.15, 0.2) is 0 Å². The quantitative estimate of drug-likeness (QED) is 0.306. The van der Waals surface area contributed by atoms with E-state index in [1.54, 1.807) is 0 Å². The zero-order chi connectivity index (χ0) is 23.0. The number of unbranched alkanes of at least 4 members (excludes halogenated alkanes) is 3. The Kier molecular flexibility index (Phi) is 8.92. The molecule has 0 unspecified atom stereocenters. The van der Waals surface area contributed by atoms with Crippen LogP contribution in [0.4, 0.5) is 0 Å². The molecule has 0 radical (unpaired) electrons. The van der Waals surface area contributed by atoms with Gasteiger partial charge in [0, 0.05) is 5.92 Å². The summed E-state index contributed by atoms with van der Waals surface area (Å²) in [5, 5.41) is 10.3. The molecule has 0 aliphatic heterocycles. The summed E-state index contributed by atoms with van der Waals surface area (Å²) in [6, 6.07) is 16.8. The fourth-order valence-electron chi connectivity index (χ4n) is 4.95. The molecular formula is C29H40O3. The molecule has 3 atom stereocenters. The Labute approximate surface area is 194 Å². The number of aliphatic hydroxyl groups excluding tert-OH is 1. The lowest BCUT2D eigenvalue weighted by molar-refractivity contribution is -0.113. The van der Waals surface area contributed by atoms with Crippen LogP contribution in [-0.4, -0.2) is 17.5 Å². The lowest BCUT2D eigenvalue weighted by Crippen LogP contribution is -2.28. The Morgan fingerprint density at radius 2 is 1.84 bits per heavy atom. The first-order valence-electron chi connectivity index (χ1n) is 12.4. The minimum Gasteiger partial charge on any atom is -0.489 e. The molecule has 2 aromatic carbocycles. The molecule has 2 aromatic rings. The van der Waals surface area contributed by atoms with Crippen molar-refractivity contribution in [2.24, 2.45) is 5.92 Å². The highest BCUT2D eigenvalue weighted by Gasteiger charge is 2.33. The fraction of sp³-hybridized carbons (Fsp3) is 0.552. The number of benzene rings is 2. The Morgan fingerprint density at radius 3 is 2.56 bits per heavy atom. The smallest absolute Gasteiger partial charge is 0.123 e. The molecule has 0 heterocycles.